The second-order valence-electron chi connectivity index (χ2n) is 5.90. The van der Waals surface area contributed by atoms with Gasteiger partial charge in [0.1, 0.15) is 5.69 Å². The van der Waals surface area contributed by atoms with Gasteiger partial charge in [0, 0.05) is 20.6 Å². The Kier molecular flexibility index (Phi) is 4.83. The van der Waals surface area contributed by atoms with Crippen LogP contribution in [0.1, 0.15) is 51.9 Å². The smallest absolute Gasteiger partial charge is 0.335 e. The van der Waals surface area contributed by atoms with Crippen molar-refractivity contribution in [2.24, 2.45) is 7.05 Å². The van der Waals surface area contributed by atoms with Crippen molar-refractivity contribution in [1.29, 1.82) is 0 Å². The Balaban J connectivity index is 2.12. The molecule has 0 aliphatic heterocycles. The maximum Gasteiger partial charge on any atom is 0.335 e. The molecular formula is C17H21N3O3. The summed E-state index contributed by atoms with van der Waals surface area (Å²) in [5.74, 6) is -0.817. The van der Waals surface area contributed by atoms with Crippen LogP contribution in [0, 0.1) is 0 Å². The third-order valence-electron chi connectivity index (χ3n) is 3.68. The molecular weight excluding hydrogens is 294 g/mol. The quantitative estimate of drug-likeness (QED) is 0.920. The third-order valence-corrected chi connectivity index (χ3v) is 3.68. The number of hydrogen-bond acceptors (Lipinski definition) is 3. The fraction of sp³-hybridized carbons (Fsp3) is 0.353. The number of nitrogens with zero attached hydrogens (tertiary/aromatic N) is 3. The Morgan fingerprint density at radius 3 is 2.35 bits per heavy atom. The van der Waals surface area contributed by atoms with E-state index in [1.807, 2.05) is 19.9 Å². The van der Waals surface area contributed by atoms with E-state index < -0.39 is 5.97 Å². The van der Waals surface area contributed by atoms with Gasteiger partial charge in [0.05, 0.1) is 11.3 Å². The van der Waals surface area contributed by atoms with Gasteiger partial charge in [-0.1, -0.05) is 26.0 Å². The van der Waals surface area contributed by atoms with E-state index in [0.717, 1.165) is 11.3 Å². The molecule has 0 bridgehead atoms. The largest absolute Gasteiger partial charge is 0.478 e. The van der Waals surface area contributed by atoms with Crippen LogP contribution in [0.3, 0.4) is 0 Å². The topological polar surface area (TPSA) is 75.4 Å². The minimum Gasteiger partial charge on any atom is -0.478 e. The Hall–Kier alpha value is -2.63. The standard InChI is InChI=1S/C17H21N3O3/c1-11(2)14-9-15(20(4)18-14)16(21)19(3)10-12-5-7-13(8-6-12)17(22)23/h5-9,11H,10H2,1-4H3,(H,22,23). The minimum atomic E-state index is -0.961. The number of benzene rings is 1. The van der Waals surface area contributed by atoms with Crippen LogP contribution in [0.25, 0.3) is 0 Å². The monoisotopic (exact) mass is 315 g/mol. The van der Waals surface area contributed by atoms with Crippen LogP contribution in [-0.2, 0) is 13.6 Å². The van der Waals surface area contributed by atoms with Crippen LogP contribution >= 0.6 is 0 Å². The van der Waals surface area contributed by atoms with E-state index in [4.69, 9.17) is 5.11 Å². The Bertz CT molecular complexity index is 717. The highest BCUT2D eigenvalue weighted by Gasteiger charge is 2.18. The number of hydrogen-bond donors (Lipinski definition) is 1. The van der Waals surface area contributed by atoms with Crippen molar-refractivity contribution in [1.82, 2.24) is 14.7 Å². The molecule has 2 rings (SSSR count). The fourth-order valence-corrected chi connectivity index (χ4v) is 2.27. The van der Waals surface area contributed by atoms with Gasteiger partial charge in [-0.2, -0.15) is 5.10 Å². The zero-order chi connectivity index (χ0) is 17.1. The molecule has 122 valence electrons. The van der Waals surface area contributed by atoms with Gasteiger partial charge in [-0.15, -0.1) is 0 Å². The average Bonchev–Trinajstić information content (AvgIpc) is 2.89. The van der Waals surface area contributed by atoms with Gasteiger partial charge in [0.2, 0.25) is 0 Å². The Morgan fingerprint density at radius 2 is 1.87 bits per heavy atom. The molecule has 0 aliphatic rings. The number of carbonyl (C=O) groups is 2. The van der Waals surface area contributed by atoms with E-state index in [0.29, 0.717) is 12.2 Å². The summed E-state index contributed by atoms with van der Waals surface area (Å²) in [6.45, 7) is 4.47. The molecule has 0 atom stereocenters. The molecule has 0 unspecified atom stereocenters. The molecule has 1 heterocycles. The maximum atomic E-state index is 12.6. The van der Waals surface area contributed by atoms with Gasteiger partial charge in [-0.05, 0) is 29.7 Å². The number of carboxylic acids is 1. The molecule has 0 fully saturated rings. The molecule has 0 radical (unpaired) electrons. The predicted molar refractivity (Wildman–Crippen MR) is 86.5 cm³/mol. The summed E-state index contributed by atoms with van der Waals surface area (Å²) >= 11 is 0. The summed E-state index contributed by atoms with van der Waals surface area (Å²) < 4.78 is 1.60. The number of carboxylic acid groups (broad SMARTS) is 1. The highest BCUT2D eigenvalue weighted by Crippen LogP contribution is 2.16. The van der Waals surface area contributed by atoms with Crippen molar-refractivity contribution in [3.63, 3.8) is 0 Å². The first-order valence-corrected chi connectivity index (χ1v) is 7.41. The second-order valence-corrected chi connectivity index (χ2v) is 5.90. The third kappa shape index (κ3) is 3.77. The van der Waals surface area contributed by atoms with E-state index in [1.165, 1.54) is 12.1 Å². The predicted octanol–water partition coefficient (Wildman–Crippen LogP) is 2.51. The zero-order valence-electron chi connectivity index (χ0n) is 13.8. The van der Waals surface area contributed by atoms with E-state index >= 15 is 0 Å². The van der Waals surface area contributed by atoms with E-state index in [2.05, 4.69) is 5.10 Å². The molecule has 2 aromatic rings. The van der Waals surface area contributed by atoms with Crippen molar-refractivity contribution in [2.75, 3.05) is 7.05 Å². The maximum absolute atomic E-state index is 12.6. The minimum absolute atomic E-state index is 0.116. The summed E-state index contributed by atoms with van der Waals surface area (Å²) in [5, 5.41) is 13.3. The average molecular weight is 315 g/mol. The summed E-state index contributed by atoms with van der Waals surface area (Å²) in [6, 6.07) is 8.33. The number of carbonyl (C=O) groups excluding carboxylic acids is 1. The Labute approximate surface area is 135 Å². The molecule has 0 saturated heterocycles. The molecule has 0 saturated carbocycles. The SMILES string of the molecule is CC(C)c1cc(C(=O)N(C)Cc2ccc(C(=O)O)cc2)n(C)n1. The summed E-state index contributed by atoms with van der Waals surface area (Å²) in [4.78, 5) is 25.0. The number of aromatic nitrogens is 2. The van der Waals surface area contributed by atoms with Gasteiger partial charge in [-0.3, -0.25) is 9.48 Å². The lowest BCUT2D eigenvalue weighted by atomic mass is 10.1. The van der Waals surface area contributed by atoms with E-state index in [1.54, 1.807) is 35.8 Å². The Morgan fingerprint density at radius 1 is 1.26 bits per heavy atom. The van der Waals surface area contributed by atoms with Crippen LogP contribution in [0.4, 0.5) is 0 Å². The molecule has 1 amide bonds. The van der Waals surface area contributed by atoms with Gasteiger partial charge in [-0.25, -0.2) is 4.79 Å². The highest BCUT2D eigenvalue weighted by molar-refractivity contribution is 5.92. The first-order chi connectivity index (χ1) is 10.8. The van der Waals surface area contributed by atoms with Crippen LogP contribution < -0.4 is 0 Å². The fourth-order valence-electron chi connectivity index (χ4n) is 2.27. The van der Waals surface area contributed by atoms with E-state index in [-0.39, 0.29) is 17.4 Å². The molecule has 6 nitrogen and oxygen atoms in total. The first kappa shape index (κ1) is 16.7. The number of aryl methyl sites for hydroxylation is 1. The van der Waals surface area contributed by atoms with Crippen molar-refractivity contribution in [2.45, 2.75) is 26.3 Å². The molecule has 0 spiro atoms. The zero-order valence-corrected chi connectivity index (χ0v) is 13.8. The van der Waals surface area contributed by atoms with Crippen molar-refractivity contribution in [3.8, 4) is 0 Å². The molecule has 23 heavy (non-hydrogen) atoms. The molecule has 1 N–H and O–H groups in total. The molecule has 1 aromatic carbocycles. The lowest BCUT2D eigenvalue weighted by Gasteiger charge is -2.17. The van der Waals surface area contributed by atoms with Crippen LogP contribution in [0.15, 0.2) is 30.3 Å². The summed E-state index contributed by atoms with van der Waals surface area (Å²) in [5.41, 5.74) is 2.53. The summed E-state index contributed by atoms with van der Waals surface area (Å²) in [7, 11) is 3.48. The van der Waals surface area contributed by atoms with Gasteiger partial charge < -0.3 is 10.0 Å². The van der Waals surface area contributed by atoms with Gasteiger partial charge in [0.15, 0.2) is 0 Å². The number of rotatable bonds is 5. The molecule has 0 aliphatic carbocycles. The number of amides is 1. The lowest BCUT2D eigenvalue weighted by Crippen LogP contribution is -2.28. The van der Waals surface area contributed by atoms with Crippen molar-refractivity contribution >= 4 is 11.9 Å². The van der Waals surface area contributed by atoms with Gasteiger partial charge >= 0.3 is 5.97 Å². The molecule has 1 aromatic heterocycles. The summed E-state index contributed by atoms with van der Waals surface area (Å²) in [6.07, 6.45) is 0. The van der Waals surface area contributed by atoms with Crippen LogP contribution in [0.2, 0.25) is 0 Å². The van der Waals surface area contributed by atoms with Crippen molar-refractivity contribution in [3.05, 3.63) is 52.8 Å². The molecule has 6 heteroatoms. The van der Waals surface area contributed by atoms with Crippen molar-refractivity contribution < 1.29 is 14.7 Å². The second kappa shape index (κ2) is 6.64. The number of aromatic carboxylic acids is 1. The normalized spacial score (nSPS) is 10.8. The lowest BCUT2D eigenvalue weighted by molar-refractivity contribution is 0.0695. The van der Waals surface area contributed by atoms with E-state index in [9.17, 15) is 9.59 Å². The highest BCUT2D eigenvalue weighted by atomic mass is 16.4. The first-order valence-electron chi connectivity index (χ1n) is 7.41. The van der Waals surface area contributed by atoms with Crippen LogP contribution in [0.5, 0.6) is 0 Å². The van der Waals surface area contributed by atoms with Crippen LogP contribution in [-0.4, -0.2) is 38.7 Å². The van der Waals surface area contributed by atoms with Gasteiger partial charge in [0.25, 0.3) is 5.91 Å².